The Labute approximate surface area is 221 Å². The number of aromatic nitrogens is 2. The second-order valence-corrected chi connectivity index (χ2v) is 9.19. The number of nitrogens with zero attached hydrogens (tertiary/aromatic N) is 3. The van der Waals surface area contributed by atoms with Crippen LogP contribution >= 0.6 is 11.3 Å². The van der Waals surface area contributed by atoms with E-state index >= 15 is 0 Å². The third-order valence-corrected chi connectivity index (χ3v) is 6.66. The summed E-state index contributed by atoms with van der Waals surface area (Å²) in [5.41, 5.74) is 0.409. The first-order valence-corrected chi connectivity index (χ1v) is 12.5. The monoisotopic (exact) mass is 529 g/mol. The molecule has 9 heteroatoms. The Morgan fingerprint density at radius 3 is 2.29 bits per heavy atom. The average Bonchev–Trinajstić information content (AvgIpc) is 3.63. The molecule has 38 heavy (non-hydrogen) atoms. The van der Waals surface area contributed by atoms with Gasteiger partial charge >= 0.3 is 0 Å². The van der Waals surface area contributed by atoms with Gasteiger partial charge in [-0.1, -0.05) is 24.3 Å². The van der Waals surface area contributed by atoms with Crippen molar-refractivity contribution in [2.75, 3.05) is 4.90 Å². The first-order valence-electron chi connectivity index (χ1n) is 11.7. The molecule has 1 amide bonds. The van der Waals surface area contributed by atoms with Gasteiger partial charge in [0, 0.05) is 24.2 Å². The molecule has 190 valence electrons. The van der Waals surface area contributed by atoms with Crippen molar-refractivity contribution in [3.63, 3.8) is 0 Å². The maximum absolute atomic E-state index is 14.9. The molecule has 0 spiro atoms. The lowest BCUT2D eigenvalue weighted by atomic mass is 10.1. The molecular weight excluding hydrogens is 508 g/mol. The van der Waals surface area contributed by atoms with E-state index < -0.39 is 29.3 Å². The van der Waals surface area contributed by atoms with Crippen LogP contribution in [-0.4, -0.2) is 27.3 Å². The van der Waals surface area contributed by atoms with Gasteiger partial charge in [-0.15, -0.1) is 11.3 Å². The van der Waals surface area contributed by atoms with E-state index in [9.17, 15) is 18.4 Å². The summed E-state index contributed by atoms with van der Waals surface area (Å²) in [7, 11) is 0. The molecule has 5 aromatic rings. The number of para-hydroxylation sites is 2. The van der Waals surface area contributed by atoms with Crippen molar-refractivity contribution in [2.24, 2.45) is 0 Å². The Bertz CT molecular complexity index is 1550. The SMILES string of the molecule is CC(Oc1ccccc1)C(=O)N(c1ccc(C(=O)c2sccc2-n2cccc2)cn1)c1c(F)cccc1F. The topological polar surface area (TPSA) is 64.4 Å². The first kappa shape index (κ1) is 25.0. The van der Waals surface area contributed by atoms with Gasteiger partial charge in [-0.2, -0.15) is 0 Å². The van der Waals surface area contributed by atoms with Crippen LogP contribution in [0.5, 0.6) is 5.75 Å². The second kappa shape index (κ2) is 10.8. The summed E-state index contributed by atoms with van der Waals surface area (Å²) in [6, 6.07) is 20.4. The first-order chi connectivity index (χ1) is 18.4. The lowest BCUT2D eigenvalue weighted by molar-refractivity contribution is -0.123. The number of hydrogen-bond donors (Lipinski definition) is 0. The fourth-order valence-electron chi connectivity index (χ4n) is 3.93. The van der Waals surface area contributed by atoms with Crippen LogP contribution in [0.15, 0.2) is 103 Å². The summed E-state index contributed by atoms with van der Waals surface area (Å²) in [6.45, 7) is 1.48. The van der Waals surface area contributed by atoms with E-state index in [4.69, 9.17) is 4.74 Å². The largest absolute Gasteiger partial charge is 0.481 e. The molecule has 3 aromatic heterocycles. The van der Waals surface area contributed by atoms with Crippen molar-refractivity contribution < 1.29 is 23.1 Å². The minimum Gasteiger partial charge on any atom is -0.481 e. The molecule has 6 nitrogen and oxygen atoms in total. The number of ketones is 1. The zero-order valence-electron chi connectivity index (χ0n) is 20.1. The predicted molar refractivity (Wildman–Crippen MR) is 141 cm³/mol. The van der Waals surface area contributed by atoms with Gasteiger partial charge in [-0.05, 0) is 66.9 Å². The number of hydrogen-bond acceptors (Lipinski definition) is 5. The summed E-state index contributed by atoms with van der Waals surface area (Å²) >= 11 is 1.29. The average molecular weight is 530 g/mol. The number of thiophene rings is 1. The highest BCUT2D eigenvalue weighted by atomic mass is 32.1. The molecule has 0 bridgehead atoms. The number of benzene rings is 2. The van der Waals surface area contributed by atoms with Gasteiger partial charge in [0.2, 0.25) is 5.78 Å². The van der Waals surface area contributed by atoms with E-state index in [1.54, 1.807) is 30.3 Å². The van der Waals surface area contributed by atoms with E-state index in [0.717, 1.165) is 22.7 Å². The van der Waals surface area contributed by atoms with Gasteiger partial charge in [-0.3, -0.25) is 14.5 Å². The minimum absolute atomic E-state index is 0.0594. The Kier molecular flexibility index (Phi) is 7.10. The predicted octanol–water partition coefficient (Wildman–Crippen LogP) is 6.58. The molecule has 3 heterocycles. The standard InChI is InChI=1S/C29H21F2N3O3S/c1-19(37-21-8-3-2-4-9-21)29(36)34(26-22(30)10-7-11-23(26)31)25-13-12-20(18-32-25)27(35)28-24(14-17-38-28)33-15-5-6-16-33/h2-19H,1H3. The molecule has 0 radical (unpaired) electrons. The molecule has 5 rings (SSSR count). The number of amides is 1. The zero-order valence-corrected chi connectivity index (χ0v) is 20.9. The van der Waals surface area contributed by atoms with Gasteiger partial charge in [0.25, 0.3) is 5.91 Å². The molecule has 1 atom stereocenters. The number of ether oxygens (including phenoxy) is 1. The molecule has 2 aromatic carbocycles. The van der Waals surface area contributed by atoms with Crippen molar-refractivity contribution in [2.45, 2.75) is 13.0 Å². The van der Waals surface area contributed by atoms with E-state index in [1.165, 1.54) is 42.7 Å². The fraction of sp³-hybridized carbons (Fsp3) is 0.0690. The summed E-state index contributed by atoms with van der Waals surface area (Å²) in [4.78, 5) is 32.4. The lowest BCUT2D eigenvalue weighted by Crippen LogP contribution is -2.39. The van der Waals surface area contributed by atoms with Gasteiger partial charge < -0.3 is 9.30 Å². The van der Waals surface area contributed by atoms with E-state index in [0.29, 0.717) is 10.6 Å². The number of carbonyl (C=O) groups excluding carboxylic acids is 2. The van der Waals surface area contributed by atoms with E-state index in [1.807, 2.05) is 40.5 Å². The highest BCUT2D eigenvalue weighted by Crippen LogP contribution is 2.32. The van der Waals surface area contributed by atoms with Gasteiger partial charge in [0.15, 0.2) is 6.10 Å². The number of halogens is 2. The molecule has 0 N–H and O–H groups in total. The molecule has 0 aliphatic carbocycles. The van der Waals surface area contributed by atoms with Crippen LogP contribution in [-0.2, 0) is 4.79 Å². The van der Waals surface area contributed by atoms with E-state index in [2.05, 4.69) is 4.98 Å². The third-order valence-electron chi connectivity index (χ3n) is 5.76. The zero-order chi connectivity index (χ0) is 26.6. The van der Waals surface area contributed by atoms with E-state index in [-0.39, 0.29) is 17.2 Å². The van der Waals surface area contributed by atoms with Gasteiger partial charge in [-0.25, -0.2) is 13.8 Å². The normalized spacial score (nSPS) is 11.7. The smallest absolute Gasteiger partial charge is 0.273 e. The number of pyridine rings is 1. The van der Waals surface area contributed by atoms with Crippen LogP contribution in [0.1, 0.15) is 22.2 Å². The highest BCUT2D eigenvalue weighted by molar-refractivity contribution is 7.12. The van der Waals surface area contributed by atoms with Crippen molar-refractivity contribution in [1.82, 2.24) is 9.55 Å². The summed E-state index contributed by atoms with van der Waals surface area (Å²) in [5, 5.41) is 1.82. The number of carbonyl (C=O) groups is 2. The summed E-state index contributed by atoms with van der Waals surface area (Å²) in [6.07, 6.45) is 3.87. The van der Waals surface area contributed by atoms with Crippen LogP contribution in [0.3, 0.4) is 0 Å². The quantitative estimate of drug-likeness (QED) is 0.213. The Hall–Kier alpha value is -4.63. The van der Waals surface area contributed by atoms with Crippen LogP contribution in [0, 0.1) is 11.6 Å². The Morgan fingerprint density at radius 1 is 0.921 bits per heavy atom. The maximum Gasteiger partial charge on any atom is 0.273 e. The molecule has 0 saturated heterocycles. The summed E-state index contributed by atoms with van der Waals surface area (Å²) < 4.78 is 37.3. The van der Waals surface area contributed by atoms with Crippen molar-refractivity contribution in [1.29, 1.82) is 0 Å². The molecule has 0 fully saturated rings. The lowest BCUT2D eigenvalue weighted by Gasteiger charge is -2.26. The highest BCUT2D eigenvalue weighted by Gasteiger charge is 2.31. The molecule has 1 unspecified atom stereocenters. The van der Waals surface area contributed by atoms with Crippen LogP contribution < -0.4 is 9.64 Å². The molecular formula is C29H21F2N3O3S. The molecule has 0 aliphatic rings. The van der Waals surface area contributed by atoms with Crippen molar-refractivity contribution >= 4 is 34.5 Å². The van der Waals surface area contributed by atoms with Crippen molar-refractivity contribution in [3.8, 4) is 11.4 Å². The van der Waals surface area contributed by atoms with Gasteiger partial charge in [0.05, 0.1) is 10.6 Å². The van der Waals surface area contributed by atoms with Crippen LogP contribution in [0.4, 0.5) is 20.3 Å². The Morgan fingerprint density at radius 2 is 1.63 bits per heavy atom. The maximum atomic E-state index is 14.9. The van der Waals surface area contributed by atoms with Crippen LogP contribution in [0.25, 0.3) is 5.69 Å². The Balaban J connectivity index is 1.48. The van der Waals surface area contributed by atoms with Crippen molar-refractivity contribution in [3.05, 3.63) is 125 Å². The second-order valence-electron chi connectivity index (χ2n) is 8.28. The van der Waals surface area contributed by atoms with Gasteiger partial charge in [0.1, 0.15) is 28.9 Å². The number of rotatable bonds is 8. The minimum atomic E-state index is -1.10. The van der Waals surface area contributed by atoms with Crippen LogP contribution in [0.2, 0.25) is 0 Å². The fourth-order valence-corrected chi connectivity index (χ4v) is 4.78. The molecule has 0 aliphatic heterocycles. The third kappa shape index (κ3) is 4.96. The number of anilines is 2. The summed E-state index contributed by atoms with van der Waals surface area (Å²) in [5.74, 6) is -2.53. The molecule has 0 saturated carbocycles.